The van der Waals surface area contributed by atoms with Crippen LogP contribution in [0.5, 0.6) is 0 Å². The molecule has 0 bridgehead atoms. The Morgan fingerprint density at radius 2 is 2.22 bits per heavy atom. The molecule has 0 radical (unpaired) electrons. The second-order valence-corrected chi connectivity index (χ2v) is 5.28. The van der Waals surface area contributed by atoms with Crippen LogP contribution >= 0.6 is 22.9 Å². The van der Waals surface area contributed by atoms with Crippen molar-refractivity contribution in [3.63, 3.8) is 0 Å². The highest BCUT2D eigenvalue weighted by atomic mass is 35.5. The lowest BCUT2D eigenvalue weighted by Crippen LogP contribution is -2.24. The molecule has 1 amide bonds. The number of hydrogen-bond donors (Lipinski definition) is 1. The number of carbonyl (C=O) groups is 1. The minimum Gasteiger partial charge on any atom is -0.349 e. The number of aryl methyl sites for hydroxylation is 1. The van der Waals surface area contributed by atoms with Crippen LogP contribution in [0.3, 0.4) is 0 Å². The standard InChI is InChI=1S/C13H13ClN2OS/c1-9-8-18-13(16-9)7-15-12(17)6-10-4-2-3-5-11(10)14/h2-5,8H,6-7H2,1H3,(H,15,17). The maximum Gasteiger partial charge on any atom is 0.224 e. The fourth-order valence-corrected chi connectivity index (χ4v) is 2.45. The van der Waals surface area contributed by atoms with E-state index in [0.717, 1.165) is 16.3 Å². The Bertz CT molecular complexity index is 553. The molecule has 0 saturated heterocycles. The third-order valence-electron chi connectivity index (χ3n) is 2.41. The Morgan fingerprint density at radius 1 is 1.44 bits per heavy atom. The van der Waals surface area contributed by atoms with Gasteiger partial charge in [0.1, 0.15) is 5.01 Å². The number of hydrogen-bond acceptors (Lipinski definition) is 3. The van der Waals surface area contributed by atoms with Crippen LogP contribution in [-0.4, -0.2) is 10.9 Å². The zero-order chi connectivity index (χ0) is 13.0. The number of nitrogens with one attached hydrogen (secondary N) is 1. The van der Waals surface area contributed by atoms with E-state index in [9.17, 15) is 4.79 Å². The Hall–Kier alpha value is -1.39. The molecule has 0 spiro atoms. The molecule has 2 aromatic rings. The molecule has 0 saturated carbocycles. The van der Waals surface area contributed by atoms with Crippen molar-refractivity contribution in [2.75, 3.05) is 0 Å². The van der Waals surface area contributed by atoms with Crippen LogP contribution < -0.4 is 5.32 Å². The molecule has 0 aliphatic heterocycles. The van der Waals surface area contributed by atoms with Gasteiger partial charge in [-0.15, -0.1) is 11.3 Å². The quantitative estimate of drug-likeness (QED) is 0.935. The maximum atomic E-state index is 11.8. The van der Waals surface area contributed by atoms with Crippen LogP contribution in [-0.2, 0) is 17.8 Å². The van der Waals surface area contributed by atoms with E-state index in [-0.39, 0.29) is 5.91 Å². The highest BCUT2D eigenvalue weighted by Gasteiger charge is 2.07. The SMILES string of the molecule is Cc1csc(CNC(=O)Cc2ccccc2Cl)n1. The van der Waals surface area contributed by atoms with Gasteiger partial charge in [0, 0.05) is 16.1 Å². The lowest BCUT2D eigenvalue weighted by Gasteiger charge is -2.04. The first-order valence-electron chi connectivity index (χ1n) is 5.56. The number of rotatable bonds is 4. The molecule has 0 aliphatic rings. The number of aromatic nitrogens is 1. The van der Waals surface area contributed by atoms with Gasteiger partial charge in [-0.05, 0) is 18.6 Å². The van der Waals surface area contributed by atoms with E-state index in [0.29, 0.717) is 18.0 Å². The molecule has 3 nitrogen and oxygen atoms in total. The van der Waals surface area contributed by atoms with Gasteiger partial charge in [0.15, 0.2) is 0 Å². The van der Waals surface area contributed by atoms with Crippen molar-refractivity contribution in [1.82, 2.24) is 10.3 Å². The van der Waals surface area contributed by atoms with E-state index in [2.05, 4.69) is 10.3 Å². The average Bonchev–Trinajstić information content (AvgIpc) is 2.76. The fourth-order valence-electron chi connectivity index (χ4n) is 1.54. The smallest absolute Gasteiger partial charge is 0.224 e. The van der Waals surface area contributed by atoms with E-state index in [1.165, 1.54) is 0 Å². The molecule has 1 N–H and O–H groups in total. The Labute approximate surface area is 115 Å². The summed E-state index contributed by atoms with van der Waals surface area (Å²) in [7, 11) is 0. The van der Waals surface area contributed by atoms with Crippen LogP contribution in [0.4, 0.5) is 0 Å². The fraction of sp³-hybridized carbons (Fsp3) is 0.231. The van der Waals surface area contributed by atoms with Crippen molar-refractivity contribution >= 4 is 28.8 Å². The van der Waals surface area contributed by atoms with Crippen LogP contribution in [0.25, 0.3) is 0 Å². The Kier molecular flexibility index (Phi) is 4.33. The summed E-state index contributed by atoms with van der Waals surface area (Å²) in [4.78, 5) is 16.0. The number of nitrogens with zero attached hydrogens (tertiary/aromatic N) is 1. The summed E-state index contributed by atoms with van der Waals surface area (Å²) in [6, 6.07) is 7.37. The first kappa shape index (κ1) is 13.1. The molecule has 0 atom stereocenters. The molecule has 1 aromatic heterocycles. The van der Waals surface area contributed by atoms with E-state index in [1.54, 1.807) is 17.4 Å². The number of carbonyl (C=O) groups excluding carboxylic acids is 1. The van der Waals surface area contributed by atoms with Crippen LogP contribution in [0, 0.1) is 6.92 Å². The number of thiazole rings is 1. The molecule has 94 valence electrons. The number of halogens is 1. The predicted molar refractivity (Wildman–Crippen MR) is 73.9 cm³/mol. The summed E-state index contributed by atoms with van der Waals surface area (Å²) < 4.78 is 0. The topological polar surface area (TPSA) is 42.0 Å². The van der Waals surface area contributed by atoms with Gasteiger partial charge in [-0.2, -0.15) is 0 Å². The lowest BCUT2D eigenvalue weighted by atomic mass is 10.1. The third kappa shape index (κ3) is 3.55. The maximum absolute atomic E-state index is 11.8. The lowest BCUT2D eigenvalue weighted by molar-refractivity contribution is -0.120. The van der Waals surface area contributed by atoms with Crippen LogP contribution in [0.2, 0.25) is 5.02 Å². The van der Waals surface area contributed by atoms with Gasteiger partial charge in [-0.25, -0.2) is 4.98 Å². The third-order valence-corrected chi connectivity index (χ3v) is 3.75. The number of amides is 1. The van der Waals surface area contributed by atoms with E-state index in [1.807, 2.05) is 30.5 Å². The van der Waals surface area contributed by atoms with E-state index < -0.39 is 0 Å². The molecular weight excluding hydrogens is 268 g/mol. The first-order chi connectivity index (χ1) is 8.65. The molecule has 5 heteroatoms. The van der Waals surface area contributed by atoms with Gasteiger partial charge < -0.3 is 5.32 Å². The Balaban J connectivity index is 1.88. The van der Waals surface area contributed by atoms with Crippen molar-refractivity contribution < 1.29 is 4.79 Å². The highest BCUT2D eigenvalue weighted by molar-refractivity contribution is 7.09. The summed E-state index contributed by atoms with van der Waals surface area (Å²) in [6.07, 6.45) is 0.296. The van der Waals surface area contributed by atoms with Gasteiger partial charge in [-0.1, -0.05) is 29.8 Å². The minimum absolute atomic E-state index is 0.0454. The molecule has 18 heavy (non-hydrogen) atoms. The largest absolute Gasteiger partial charge is 0.349 e. The second kappa shape index (κ2) is 5.98. The normalized spacial score (nSPS) is 10.3. The predicted octanol–water partition coefficient (Wildman–Crippen LogP) is 2.96. The van der Waals surface area contributed by atoms with E-state index in [4.69, 9.17) is 11.6 Å². The number of benzene rings is 1. The highest BCUT2D eigenvalue weighted by Crippen LogP contribution is 2.15. The second-order valence-electron chi connectivity index (χ2n) is 3.93. The first-order valence-corrected chi connectivity index (χ1v) is 6.82. The zero-order valence-electron chi connectivity index (χ0n) is 9.94. The van der Waals surface area contributed by atoms with Crippen molar-refractivity contribution in [2.24, 2.45) is 0 Å². The van der Waals surface area contributed by atoms with Gasteiger partial charge in [-0.3, -0.25) is 4.79 Å². The molecule has 0 unspecified atom stereocenters. The average molecular weight is 281 g/mol. The van der Waals surface area contributed by atoms with Gasteiger partial charge in [0.25, 0.3) is 0 Å². The van der Waals surface area contributed by atoms with Gasteiger partial charge in [0.05, 0.1) is 13.0 Å². The van der Waals surface area contributed by atoms with Crippen molar-refractivity contribution in [2.45, 2.75) is 19.9 Å². The molecule has 1 heterocycles. The van der Waals surface area contributed by atoms with Crippen molar-refractivity contribution in [3.8, 4) is 0 Å². The van der Waals surface area contributed by atoms with Crippen LogP contribution in [0.15, 0.2) is 29.6 Å². The van der Waals surface area contributed by atoms with Crippen molar-refractivity contribution in [1.29, 1.82) is 0 Å². The molecule has 0 fully saturated rings. The monoisotopic (exact) mass is 280 g/mol. The van der Waals surface area contributed by atoms with Crippen molar-refractivity contribution in [3.05, 3.63) is 50.9 Å². The minimum atomic E-state index is -0.0454. The van der Waals surface area contributed by atoms with Gasteiger partial charge in [0.2, 0.25) is 5.91 Å². The molecular formula is C13H13ClN2OS. The summed E-state index contributed by atoms with van der Waals surface area (Å²) in [5.74, 6) is -0.0454. The molecule has 2 rings (SSSR count). The summed E-state index contributed by atoms with van der Waals surface area (Å²) >= 11 is 7.55. The summed E-state index contributed by atoms with van der Waals surface area (Å²) in [6.45, 7) is 2.41. The Morgan fingerprint density at radius 3 is 2.89 bits per heavy atom. The molecule has 0 aliphatic carbocycles. The zero-order valence-corrected chi connectivity index (χ0v) is 11.5. The van der Waals surface area contributed by atoms with E-state index >= 15 is 0 Å². The summed E-state index contributed by atoms with van der Waals surface area (Å²) in [5, 5.41) is 6.35. The van der Waals surface area contributed by atoms with Gasteiger partial charge >= 0.3 is 0 Å². The summed E-state index contributed by atoms with van der Waals surface area (Å²) in [5.41, 5.74) is 1.82. The molecule has 1 aromatic carbocycles. The van der Waals surface area contributed by atoms with Crippen LogP contribution in [0.1, 0.15) is 16.3 Å².